The third-order valence-electron chi connectivity index (χ3n) is 5.33. The molecule has 3 N–H and O–H groups in total. The van der Waals surface area contributed by atoms with Crippen LogP contribution < -0.4 is 5.32 Å². The minimum absolute atomic E-state index is 0.107. The van der Waals surface area contributed by atoms with Crippen molar-refractivity contribution in [3.8, 4) is 0 Å². The van der Waals surface area contributed by atoms with E-state index in [0.717, 1.165) is 31.7 Å². The topological polar surface area (TPSA) is 87.3 Å². The van der Waals surface area contributed by atoms with Crippen LogP contribution in [0.4, 0.5) is 0 Å². The normalized spacial score (nSPS) is 37.0. The zero-order valence-electron chi connectivity index (χ0n) is 13.8. The third-order valence-corrected chi connectivity index (χ3v) is 5.33. The fourth-order valence-electron chi connectivity index (χ4n) is 4.08. The number of hydrogen-bond acceptors (Lipinski definition) is 7. The van der Waals surface area contributed by atoms with Crippen LogP contribution in [0.3, 0.4) is 0 Å². The summed E-state index contributed by atoms with van der Waals surface area (Å²) in [5, 5.41) is 23.4. The first-order chi connectivity index (χ1) is 11.8. The predicted octanol–water partition coefficient (Wildman–Crippen LogP) is 0.201. The first-order valence-electron chi connectivity index (χ1n) is 8.87. The molecule has 3 aliphatic rings. The van der Waals surface area contributed by atoms with Gasteiger partial charge in [-0.15, -0.1) is 0 Å². The molecule has 0 aromatic carbocycles. The van der Waals surface area contributed by atoms with E-state index in [1.165, 1.54) is 6.42 Å². The van der Waals surface area contributed by atoms with Crippen LogP contribution >= 0.6 is 0 Å². The van der Waals surface area contributed by atoms with Crippen molar-refractivity contribution in [2.45, 2.75) is 63.0 Å². The Labute approximate surface area is 141 Å². The number of aliphatic hydroxyl groups is 2. The number of rotatable bonds is 5. The highest BCUT2D eigenvalue weighted by Crippen LogP contribution is 2.32. The largest absolute Gasteiger partial charge is 0.462 e. The molecule has 0 saturated carbocycles. The first-order valence-corrected chi connectivity index (χ1v) is 8.87. The van der Waals surface area contributed by atoms with Crippen LogP contribution in [0, 0.1) is 0 Å². The Morgan fingerprint density at radius 1 is 1.17 bits per heavy atom. The molecule has 1 aromatic rings. The minimum Gasteiger partial charge on any atom is -0.462 e. The molecule has 0 amide bonds. The lowest BCUT2D eigenvalue weighted by molar-refractivity contribution is -0.184. The van der Waals surface area contributed by atoms with Crippen molar-refractivity contribution in [1.82, 2.24) is 10.2 Å². The smallest absolute Gasteiger partial charge is 0.176 e. The zero-order valence-corrected chi connectivity index (χ0v) is 13.8. The fourth-order valence-corrected chi connectivity index (χ4v) is 4.08. The van der Waals surface area contributed by atoms with Gasteiger partial charge >= 0.3 is 0 Å². The maximum absolute atomic E-state index is 11.0. The van der Waals surface area contributed by atoms with E-state index in [1.807, 2.05) is 6.07 Å². The van der Waals surface area contributed by atoms with Crippen LogP contribution in [0.25, 0.3) is 0 Å². The number of furan rings is 1. The van der Waals surface area contributed by atoms with Gasteiger partial charge in [0.1, 0.15) is 24.2 Å². The lowest BCUT2D eigenvalue weighted by atomic mass is 9.93. The summed E-state index contributed by atoms with van der Waals surface area (Å²) in [4.78, 5) is 2.31. The summed E-state index contributed by atoms with van der Waals surface area (Å²) in [7, 11) is 0. The van der Waals surface area contributed by atoms with Gasteiger partial charge in [-0.2, -0.15) is 0 Å². The average molecular weight is 338 g/mol. The molecular formula is C17H26N2O5. The van der Waals surface area contributed by atoms with Crippen molar-refractivity contribution in [2.75, 3.05) is 19.7 Å². The number of likely N-dealkylation sites (tertiary alicyclic amines) is 1. The summed E-state index contributed by atoms with van der Waals surface area (Å²) in [6.45, 7) is 2.86. The van der Waals surface area contributed by atoms with Crippen molar-refractivity contribution in [3.05, 3.63) is 23.7 Å². The van der Waals surface area contributed by atoms with Gasteiger partial charge in [-0.25, -0.2) is 0 Å². The van der Waals surface area contributed by atoms with E-state index in [4.69, 9.17) is 19.0 Å². The van der Waals surface area contributed by atoms with Gasteiger partial charge in [-0.1, -0.05) is 6.42 Å². The van der Waals surface area contributed by atoms with Gasteiger partial charge in [0.05, 0.1) is 31.3 Å². The van der Waals surface area contributed by atoms with Crippen molar-refractivity contribution < 1.29 is 24.1 Å². The maximum Gasteiger partial charge on any atom is 0.176 e. The molecule has 3 saturated heterocycles. The Hall–Kier alpha value is -0.960. The lowest BCUT2D eigenvalue weighted by Crippen LogP contribution is -2.64. The second-order valence-corrected chi connectivity index (χ2v) is 6.89. The van der Waals surface area contributed by atoms with Crippen LogP contribution in [0.1, 0.15) is 30.8 Å². The van der Waals surface area contributed by atoms with E-state index in [1.54, 1.807) is 6.07 Å². The van der Waals surface area contributed by atoms with Crippen molar-refractivity contribution in [3.63, 3.8) is 0 Å². The molecule has 0 spiro atoms. The van der Waals surface area contributed by atoms with Crippen molar-refractivity contribution in [1.29, 1.82) is 0 Å². The van der Waals surface area contributed by atoms with Gasteiger partial charge in [-0.05, 0) is 38.1 Å². The predicted molar refractivity (Wildman–Crippen MR) is 85.1 cm³/mol. The number of fused-ring (bicyclic) bond motifs is 2. The molecule has 4 heterocycles. The second kappa shape index (κ2) is 7.11. The highest BCUT2D eigenvalue weighted by atomic mass is 16.7. The highest BCUT2D eigenvalue weighted by molar-refractivity contribution is 5.08. The SMILES string of the molecule is OCc1ccc(CN[C@@H]2[C@H](O)[C@@H](N3CCCCC3)[C@@H]3OC[C@@H]2O3)o1. The number of ether oxygens (including phenoxy) is 2. The molecule has 0 aliphatic carbocycles. The third kappa shape index (κ3) is 3.12. The molecule has 5 atom stereocenters. The Morgan fingerprint density at radius 3 is 2.71 bits per heavy atom. The first kappa shape index (κ1) is 16.5. The Balaban J connectivity index is 1.43. The number of nitrogens with one attached hydrogen (secondary N) is 1. The molecule has 3 aliphatic heterocycles. The average Bonchev–Trinajstić information content (AvgIpc) is 3.24. The van der Waals surface area contributed by atoms with Gasteiger partial charge in [-0.3, -0.25) is 4.90 Å². The summed E-state index contributed by atoms with van der Waals surface area (Å²) in [5.74, 6) is 1.28. The van der Waals surface area contributed by atoms with Crippen LogP contribution in [0.2, 0.25) is 0 Å². The molecule has 7 heteroatoms. The second-order valence-electron chi connectivity index (χ2n) is 6.89. The van der Waals surface area contributed by atoms with E-state index < -0.39 is 6.10 Å². The number of nitrogens with zero attached hydrogens (tertiary/aromatic N) is 1. The van der Waals surface area contributed by atoms with E-state index in [2.05, 4.69) is 10.2 Å². The zero-order chi connectivity index (χ0) is 16.5. The Bertz CT molecular complexity index is 545. The van der Waals surface area contributed by atoms with E-state index in [9.17, 15) is 5.11 Å². The van der Waals surface area contributed by atoms with Crippen LogP contribution in [-0.4, -0.2) is 65.4 Å². The quantitative estimate of drug-likeness (QED) is 0.707. The number of hydrogen-bond donors (Lipinski definition) is 3. The van der Waals surface area contributed by atoms with Gasteiger partial charge in [0.25, 0.3) is 0 Å². The highest BCUT2D eigenvalue weighted by Gasteiger charge is 2.51. The van der Waals surface area contributed by atoms with Gasteiger partial charge in [0.15, 0.2) is 6.29 Å². The monoisotopic (exact) mass is 338 g/mol. The van der Waals surface area contributed by atoms with Crippen molar-refractivity contribution in [2.24, 2.45) is 0 Å². The van der Waals surface area contributed by atoms with Gasteiger partial charge < -0.3 is 29.4 Å². The summed E-state index contributed by atoms with van der Waals surface area (Å²) < 4.78 is 17.3. The van der Waals surface area contributed by atoms with Crippen LogP contribution in [0.15, 0.2) is 16.5 Å². The molecule has 7 nitrogen and oxygen atoms in total. The molecule has 3 fully saturated rings. The molecule has 0 unspecified atom stereocenters. The summed E-state index contributed by atoms with van der Waals surface area (Å²) in [6, 6.07) is 3.28. The fraction of sp³-hybridized carbons (Fsp3) is 0.765. The Morgan fingerprint density at radius 2 is 1.96 bits per heavy atom. The summed E-state index contributed by atoms with van der Waals surface area (Å²) >= 11 is 0. The lowest BCUT2D eigenvalue weighted by Gasteiger charge is -2.45. The number of piperidine rings is 1. The van der Waals surface area contributed by atoms with E-state index >= 15 is 0 Å². The standard InChI is InChI=1S/C17H26N2O5/c20-9-12-5-4-11(23-12)8-18-14-13-10-22-17(24-13)15(16(14)21)19-6-2-1-3-7-19/h4-5,13-18,20-21H,1-3,6-10H2/t13-,14-,15+,16-,17+/m0/s1. The van der Waals surface area contributed by atoms with Gasteiger partial charge in [0.2, 0.25) is 0 Å². The molecule has 0 radical (unpaired) electrons. The van der Waals surface area contributed by atoms with Crippen LogP contribution in [0.5, 0.6) is 0 Å². The molecule has 24 heavy (non-hydrogen) atoms. The Kier molecular flexibility index (Phi) is 4.89. The number of aliphatic hydroxyl groups excluding tert-OH is 2. The molecule has 4 rings (SSSR count). The minimum atomic E-state index is -0.540. The summed E-state index contributed by atoms with van der Waals surface area (Å²) in [6.07, 6.45) is 2.56. The summed E-state index contributed by atoms with van der Waals surface area (Å²) in [5.41, 5.74) is 0. The van der Waals surface area contributed by atoms with Gasteiger partial charge in [0, 0.05) is 0 Å². The van der Waals surface area contributed by atoms with Crippen LogP contribution in [-0.2, 0) is 22.6 Å². The molecule has 2 bridgehead atoms. The molecular weight excluding hydrogens is 312 g/mol. The van der Waals surface area contributed by atoms with E-state index in [0.29, 0.717) is 18.9 Å². The maximum atomic E-state index is 11.0. The molecule has 1 aromatic heterocycles. The van der Waals surface area contributed by atoms with E-state index in [-0.39, 0.29) is 31.1 Å². The van der Waals surface area contributed by atoms with Crippen molar-refractivity contribution >= 4 is 0 Å². The molecule has 134 valence electrons.